The van der Waals surface area contributed by atoms with Crippen LogP contribution in [0.4, 0.5) is 4.79 Å². The van der Waals surface area contributed by atoms with Crippen LogP contribution in [0.5, 0.6) is 0 Å². The second-order valence-electron chi connectivity index (χ2n) is 5.98. The van der Waals surface area contributed by atoms with Gasteiger partial charge in [0, 0.05) is 31.4 Å². The van der Waals surface area contributed by atoms with Gasteiger partial charge in [-0.1, -0.05) is 13.0 Å². The number of likely N-dealkylation sites (tertiary alicyclic amines) is 1. The van der Waals surface area contributed by atoms with Gasteiger partial charge in [-0.25, -0.2) is 4.79 Å². The Labute approximate surface area is 136 Å². The van der Waals surface area contributed by atoms with Crippen LogP contribution < -0.4 is 5.32 Å². The molecular weight excluding hydrogens is 290 g/mol. The molecule has 0 radical (unpaired) electrons. The number of hydrogen-bond donors (Lipinski definition) is 1. The zero-order chi connectivity index (χ0) is 16.2. The topological polar surface area (TPSA) is 58.4 Å². The number of hydrogen-bond acceptors (Lipinski definition) is 3. The van der Waals surface area contributed by atoms with Crippen molar-refractivity contribution in [2.24, 2.45) is 0 Å². The summed E-state index contributed by atoms with van der Waals surface area (Å²) in [6.45, 7) is 5.28. The van der Waals surface area contributed by atoms with Gasteiger partial charge < -0.3 is 14.6 Å². The van der Waals surface area contributed by atoms with Gasteiger partial charge in [0.2, 0.25) is 0 Å². The molecule has 0 spiro atoms. The molecule has 23 heavy (non-hydrogen) atoms. The quantitative estimate of drug-likeness (QED) is 0.938. The molecule has 3 heterocycles. The summed E-state index contributed by atoms with van der Waals surface area (Å²) >= 11 is 0. The Balaban J connectivity index is 1.62. The smallest absolute Gasteiger partial charge is 0.318 e. The molecule has 0 bridgehead atoms. The summed E-state index contributed by atoms with van der Waals surface area (Å²) < 4.78 is 5.84. The second-order valence-corrected chi connectivity index (χ2v) is 5.98. The molecule has 5 heteroatoms. The molecule has 2 amide bonds. The lowest BCUT2D eigenvalue weighted by molar-refractivity contribution is 0.185. The molecule has 2 aromatic rings. The standard InChI is InChI=1S/C18H23N3O2/c1-3-15-8-9-17(23-15)16-5-4-10-21(16)18(22)20-12-14-7-6-13(2)19-11-14/h6-9,11,16H,3-5,10,12H2,1-2H3,(H,20,22)/t16-/m0/s1. The molecule has 1 aliphatic heterocycles. The van der Waals surface area contributed by atoms with Gasteiger partial charge in [-0.05, 0) is 43.5 Å². The number of nitrogens with one attached hydrogen (secondary N) is 1. The molecular formula is C18H23N3O2. The third kappa shape index (κ3) is 3.55. The highest BCUT2D eigenvalue weighted by molar-refractivity contribution is 5.75. The Morgan fingerprint density at radius 2 is 2.26 bits per heavy atom. The highest BCUT2D eigenvalue weighted by Gasteiger charge is 2.31. The van der Waals surface area contributed by atoms with Crippen molar-refractivity contribution in [3.05, 3.63) is 53.2 Å². The number of furan rings is 1. The average molecular weight is 313 g/mol. The number of carbonyl (C=O) groups excluding carboxylic acids is 1. The first-order chi connectivity index (χ1) is 11.2. The van der Waals surface area contributed by atoms with Gasteiger partial charge in [-0.15, -0.1) is 0 Å². The highest BCUT2D eigenvalue weighted by Crippen LogP contribution is 2.33. The Morgan fingerprint density at radius 1 is 1.39 bits per heavy atom. The summed E-state index contributed by atoms with van der Waals surface area (Å²) in [5, 5.41) is 2.99. The van der Waals surface area contributed by atoms with E-state index in [-0.39, 0.29) is 12.1 Å². The molecule has 2 aromatic heterocycles. The van der Waals surface area contributed by atoms with Gasteiger partial charge in [-0.3, -0.25) is 4.98 Å². The van der Waals surface area contributed by atoms with E-state index >= 15 is 0 Å². The van der Waals surface area contributed by atoms with E-state index in [0.717, 1.165) is 48.6 Å². The summed E-state index contributed by atoms with van der Waals surface area (Å²) in [6, 6.07) is 7.95. The van der Waals surface area contributed by atoms with Gasteiger partial charge in [0.25, 0.3) is 0 Å². The van der Waals surface area contributed by atoms with E-state index in [4.69, 9.17) is 4.42 Å². The fourth-order valence-corrected chi connectivity index (χ4v) is 2.95. The summed E-state index contributed by atoms with van der Waals surface area (Å²) in [7, 11) is 0. The van der Waals surface area contributed by atoms with Crippen molar-refractivity contribution < 1.29 is 9.21 Å². The van der Waals surface area contributed by atoms with Crippen molar-refractivity contribution in [2.75, 3.05) is 6.54 Å². The summed E-state index contributed by atoms with van der Waals surface area (Å²) in [5.74, 6) is 1.87. The largest absolute Gasteiger partial charge is 0.464 e. The van der Waals surface area contributed by atoms with Crippen molar-refractivity contribution in [3.8, 4) is 0 Å². The van der Waals surface area contributed by atoms with E-state index in [9.17, 15) is 4.79 Å². The molecule has 5 nitrogen and oxygen atoms in total. The first-order valence-corrected chi connectivity index (χ1v) is 8.22. The minimum Gasteiger partial charge on any atom is -0.464 e. The minimum absolute atomic E-state index is 0.0393. The van der Waals surface area contributed by atoms with Crippen LogP contribution in [0.15, 0.2) is 34.9 Å². The number of urea groups is 1. The lowest BCUT2D eigenvalue weighted by Gasteiger charge is -2.23. The van der Waals surface area contributed by atoms with Crippen molar-refractivity contribution >= 4 is 6.03 Å². The SMILES string of the molecule is CCc1ccc([C@@H]2CCCN2C(=O)NCc2ccc(C)nc2)o1. The number of rotatable bonds is 4. The molecule has 1 aliphatic rings. The summed E-state index contributed by atoms with van der Waals surface area (Å²) in [5.41, 5.74) is 1.98. The van der Waals surface area contributed by atoms with E-state index < -0.39 is 0 Å². The molecule has 1 atom stereocenters. The van der Waals surface area contributed by atoms with Crippen LogP contribution in [-0.4, -0.2) is 22.5 Å². The van der Waals surface area contributed by atoms with E-state index in [1.165, 1.54) is 0 Å². The first kappa shape index (κ1) is 15.6. The Kier molecular flexibility index (Phi) is 4.65. The van der Waals surface area contributed by atoms with Crippen LogP contribution in [0.1, 0.15) is 48.6 Å². The van der Waals surface area contributed by atoms with Gasteiger partial charge in [-0.2, -0.15) is 0 Å². The maximum Gasteiger partial charge on any atom is 0.318 e. The third-order valence-corrected chi connectivity index (χ3v) is 4.29. The molecule has 3 rings (SSSR count). The van der Waals surface area contributed by atoms with Gasteiger partial charge in [0.1, 0.15) is 11.5 Å². The van der Waals surface area contributed by atoms with Crippen LogP contribution in [-0.2, 0) is 13.0 Å². The summed E-state index contributed by atoms with van der Waals surface area (Å²) in [4.78, 5) is 18.6. The Morgan fingerprint density at radius 3 is 2.96 bits per heavy atom. The van der Waals surface area contributed by atoms with Crippen molar-refractivity contribution in [3.63, 3.8) is 0 Å². The molecule has 0 aromatic carbocycles. The van der Waals surface area contributed by atoms with Crippen LogP contribution in [0.3, 0.4) is 0 Å². The number of pyridine rings is 1. The molecule has 0 aliphatic carbocycles. The summed E-state index contributed by atoms with van der Waals surface area (Å²) in [6.07, 6.45) is 4.64. The normalized spacial score (nSPS) is 17.5. The van der Waals surface area contributed by atoms with E-state index in [1.54, 1.807) is 6.20 Å². The van der Waals surface area contributed by atoms with E-state index in [1.807, 2.05) is 36.1 Å². The molecule has 1 fully saturated rings. The van der Waals surface area contributed by atoms with Crippen molar-refractivity contribution in [2.45, 2.75) is 45.7 Å². The zero-order valence-electron chi connectivity index (χ0n) is 13.7. The lowest BCUT2D eigenvalue weighted by Crippen LogP contribution is -2.39. The number of aryl methyl sites for hydroxylation is 2. The van der Waals surface area contributed by atoms with Crippen LogP contribution in [0.25, 0.3) is 0 Å². The van der Waals surface area contributed by atoms with Gasteiger partial charge in [0.05, 0.1) is 6.04 Å². The van der Waals surface area contributed by atoms with Gasteiger partial charge >= 0.3 is 6.03 Å². The monoisotopic (exact) mass is 313 g/mol. The number of amides is 2. The van der Waals surface area contributed by atoms with Crippen molar-refractivity contribution in [1.82, 2.24) is 15.2 Å². The molecule has 0 unspecified atom stereocenters. The molecule has 122 valence electrons. The number of nitrogens with zero attached hydrogens (tertiary/aromatic N) is 2. The number of aromatic nitrogens is 1. The molecule has 0 saturated carbocycles. The first-order valence-electron chi connectivity index (χ1n) is 8.22. The van der Waals surface area contributed by atoms with Gasteiger partial charge in [0.15, 0.2) is 0 Å². The Hall–Kier alpha value is -2.30. The minimum atomic E-state index is -0.0393. The van der Waals surface area contributed by atoms with Crippen LogP contribution in [0.2, 0.25) is 0 Å². The Bertz CT molecular complexity index is 663. The maximum atomic E-state index is 12.5. The lowest BCUT2D eigenvalue weighted by atomic mass is 10.2. The fourth-order valence-electron chi connectivity index (χ4n) is 2.95. The van der Waals surface area contributed by atoms with Crippen LogP contribution in [0, 0.1) is 6.92 Å². The predicted octanol–water partition coefficient (Wildman–Crippen LogP) is 3.59. The van der Waals surface area contributed by atoms with E-state index in [2.05, 4.69) is 17.2 Å². The molecule has 1 saturated heterocycles. The predicted molar refractivity (Wildman–Crippen MR) is 88.0 cm³/mol. The third-order valence-electron chi connectivity index (χ3n) is 4.29. The van der Waals surface area contributed by atoms with Crippen LogP contribution >= 0.6 is 0 Å². The van der Waals surface area contributed by atoms with E-state index in [0.29, 0.717) is 6.54 Å². The fraction of sp³-hybridized carbons (Fsp3) is 0.444. The second kappa shape index (κ2) is 6.86. The number of carbonyl (C=O) groups is 1. The average Bonchev–Trinajstić information content (AvgIpc) is 3.22. The maximum absolute atomic E-state index is 12.5. The highest BCUT2D eigenvalue weighted by atomic mass is 16.3. The van der Waals surface area contributed by atoms with Crippen molar-refractivity contribution in [1.29, 1.82) is 0 Å². The molecule has 1 N–H and O–H groups in total. The zero-order valence-corrected chi connectivity index (χ0v) is 13.7.